The van der Waals surface area contributed by atoms with Crippen LogP contribution in [-0.4, -0.2) is 16.1 Å². The SMILES string of the molecule is O=C(O)c1cccc(Sc2cccc(C(F)(F)F)n2)c1. The Morgan fingerprint density at radius 2 is 1.85 bits per heavy atom. The number of hydrogen-bond acceptors (Lipinski definition) is 3. The topological polar surface area (TPSA) is 50.2 Å². The third-order valence-electron chi connectivity index (χ3n) is 2.32. The molecule has 1 N–H and O–H groups in total. The Morgan fingerprint density at radius 3 is 2.50 bits per heavy atom. The maximum Gasteiger partial charge on any atom is 0.433 e. The van der Waals surface area contributed by atoms with Gasteiger partial charge in [-0.25, -0.2) is 9.78 Å². The highest BCUT2D eigenvalue weighted by Crippen LogP contribution is 2.31. The Labute approximate surface area is 116 Å². The van der Waals surface area contributed by atoms with Crippen LogP contribution in [0.5, 0.6) is 0 Å². The van der Waals surface area contributed by atoms with E-state index in [1.807, 2.05) is 0 Å². The number of benzene rings is 1. The second-order valence-electron chi connectivity index (χ2n) is 3.79. The van der Waals surface area contributed by atoms with Crippen molar-refractivity contribution in [2.75, 3.05) is 0 Å². The van der Waals surface area contributed by atoms with Crippen molar-refractivity contribution in [3.63, 3.8) is 0 Å². The summed E-state index contributed by atoms with van der Waals surface area (Å²) in [6.07, 6.45) is -4.50. The maximum atomic E-state index is 12.5. The second-order valence-corrected chi connectivity index (χ2v) is 4.89. The van der Waals surface area contributed by atoms with Crippen molar-refractivity contribution < 1.29 is 23.1 Å². The van der Waals surface area contributed by atoms with E-state index >= 15 is 0 Å². The highest BCUT2D eigenvalue weighted by Gasteiger charge is 2.32. The van der Waals surface area contributed by atoms with Gasteiger partial charge in [-0.3, -0.25) is 0 Å². The molecule has 0 amide bonds. The number of hydrogen-bond donors (Lipinski definition) is 1. The first-order valence-electron chi connectivity index (χ1n) is 5.42. The van der Waals surface area contributed by atoms with Gasteiger partial charge in [0.05, 0.1) is 5.56 Å². The number of nitrogens with zero attached hydrogens (tertiary/aromatic N) is 1. The van der Waals surface area contributed by atoms with E-state index in [1.54, 1.807) is 6.07 Å². The molecule has 1 aromatic carbocycles. The Balaban J connectivity index is 2.26. The molecular formula is C13H8F3NO2S. The summed E-state index contributed by atoms with van der Waals surface area (Å²) >= 11 is 0.975. The van der Waals surface area contributed by atoms with E-state index in [-0.39, 0.29) is 10.6 Å². The van der Waals surface area contributed by atoms with Gasteiger partial charge in [-0.2, -0.15) is 13.2 Å². The third-order valence-corrected chi connectivity index (χ3v) is 3.24. The lowest BCUT2D eigenvalue weighted by Crippen LogP contribution is -2.07. The van der Waals surface area contributed by atoms with Gasteiger partial charge in [0.1, 0.15) is 10.7 Å². The molecule has 0 atom stereocenters. The molecular weight excluding hydrogens is 291 g/mol. The molecule has 0 aliphatic heterocycles. The van der Waals surface area contributed by atoms with Gasteiger partial charge in [-0.1, -0.05) is 23.9 Å². The fourth-order valence-corrected chi connectivity index (χ4v) is 2.31. The molecule has 0 spiro atoms. The minimum Gasteiger partial charge on any atom is -0.478 e. The summed E-state index contributed by atoms with van der Waals surface area (Å²) in [6, 6.07) is 9.52. The lowest BCUT2D eigenvalue weighted by atomic mass is 10.2. The van der Waals surface area contributed by atoms with Crippen LogP contribution in [0.25, 0.3) is 0 Å². The van der Waals surface area contributed by atoms with E-state index in [2.05, 4.69) is 4.98 Å². The average Bonchev–Trinajstić information content (AvgIpc) is 2.38. The van der Waals surface area contributed by atoms with Gasteiger partial charge < -0.3 is 5.11 Å². The highest BCUT2D eigenvalue weighted by molar-refractivity contribution is 7.99. The van der Waals surface area contributed by atoms with Gasteiger partial charge in [0.2, 0.25) is 0 Å². The number of alkyl halides is 3. The maximum absolute atomic E-state index is 12.5. The van der Waals surface area contributed by atoms with Crippen molar-refractivity contribution in [1.82, 2.24) is 4.98 Å². The van der Waals surface area contributed by atoms with E-state index < -0.39 is 17.8 Å². The first-order chi connectivity index (χ1) is 9.36. The van der Waals surface area contributed by atoms with Gasteiger partial charge in [-0.15, -0.1) is 0 Å². The van der Waals surface area contributed by atoms with Crippen LogP contribution < -0.4 is 0 Å². The van der Waals surface area contributed by atoms with E-state index in [0.29, 0.717) is 4.90 Å². The number of aromatic nitrogens is 1. The molecule has 2 aromatic rings. The van der Waals surface area contributed by atoms with Crippen molar-refractivity contribution in [2.45, 2.75) is 16.1 Å². The lowest BCUT2D eigenvalue weighted by molar-refractivity contribution is -0.141. The summed E-state index contributed by atoms with van der Waals surface area (Å²) in [7, 11) is 0. The van der Waals surface area contributed by atoms with Gasteiger partial charge in [0.25, 0.3) is 0 Å². The Morgan fingerprint density at radius 1 is 1.15 bits per heavy atom. The number of rotatable bonds is 3. The number of carboxylic acids is 1. The number of aromatic carboxylic acids is 1. The minimum atomic E-state index is -4.50. The summed E-state index contributed by atoms with van der Waals surface area (Å²) in [5, 5.41) is 9.01. The smallest absolute Gasteiger partial charge is 0.433 e. The number of pyridine rings is 1. The molecule has 3 nitrogen and oxygen atoms in total. The van der Waals surface area contributed by atoms with Crippen LogP contribution in [0, 0.1) is 0 Å². The first-order valence-corrected chi connectivity index (χ1v) is 6.23. The minimum absolute atomic E-state index is 0.0713. The molecule has 2 rings (SSSR count). The van der Waals surface area contributed by atoms with Crippen molar-refractivity contribution in [3.8, 4) is 0 Å². The lowest BCUT2D eigenvalue weighted by Gasteiger charge is -2.07. The summed E-state index contributed by atoms with van der Waals surface area (Å²) in [4.78, 5) is 14.8. The summed E-state index contributed by atoms with van der Waals surface area (Å²) < 4.78 is 37.6. The van der Waals surface area contributed by atoms with Crippen molar-refractivity contribution in [2.24, 2.45) is 0 Å². The fourth-order valence-electron chi connectivity index (χ4n) is 1.44. The molecule has 0 fully saturated rings. The highest BCUT2D eigenvalue weighted by atomic mass is 32.2. The van der Waals surface area contributed by atoms with E-state index in [9.17, 15) is 18.0 Å². The van der Waals surface area contributed by atoms with Gasteiger partial charge in [0, 0.05) is 4.90 Å². The zero-order valence-corrected chi connectivity index (χ0v) is 10.7. The van der Waals surface area contributed by atoms with Crippen LogP contribution in [0.3, 0.4) is 0 Å². The zero-order chi connectivity index (χ0) is 14.8. The molecule has 0 saturated carbocycles. The quantitative estimate of drug-likeness (QED) is 0.932. The van der Waals surface area contributed by atoms with Crippen LogP contribution in [-0.2, 0) is 6.18 Å². The molecule has 1 aromatic heterocycles. The standard InChI is InChI=1S/C13H8F3NO2S/c14-13(15,16)10-5-2-6-11(17-10)20-9-4-1-3-8(7-9)12(18)19/h1-7H,(H,18,19). The van der Waals surface area contributed by atoms with Crippen LogP contribution in [0.15, 0.2) is 52.4 Å². The second kappa shape index (κ2) is 5.54. The normalized spacial score (nSPS) is 11.3. The largest absolute Gasteiger partial charge is 0.478 e. The summed E-state index contributed by atoms with van der Waals surface area (Å²) in [5.41, 5.74) is -0.904. The van der Waals surface area contributed by atoms with E-state index in [4.69, 9.17) is 5.11 Å². The van der Waals surface area contributed by atoms with Gasteiger partial charge in [-0.05, 0) is 30.3 Å². The summed E-state index contributed by atoms with van der Waals surface area (Å²) in [6.45, 7) is 0. The predicted molar refractivity (Wildman–Crippen MR) is 66.8 cm³/mol. The number of halogens is 3. The van der Waals surface area contributed by atoms with Crippen molar-refractivity contribution >= 4 is 17.7 Å². The van der Waals surface area contributed by atoms with Crippen molar-refractivity contribution in [1.29, 1.82) is 0 Å². The summed E-state index contributed by atoms with van der Waals surface area (Å²) in [5.74, 6) is -1.09. The fraction of sp³-hybridized carbons (Fsp3) is 0.0769. The molecule has 7 heteroatoms. The molecule has 20 heavy (non-hydrogen) atoms. The van der Waals surface area contributed by atoms with Crippen LogP contribution >= 0.6 is 11.8 Å². The molecule has 0 aliphatic carbocycles. The van der Waals surface area contributed by atoms with Gasteiger partial charge in [0.15, 0.2) is 0 Å². The first kappa shape index (κ1) is 14.4. The molecule has 0 aliphatic rings. The molecule has 104 valence electrons. The molecule has 0 unspecified atom stereocenters. The Hall–Kier alpha value is -2.02. The van der Waals surface area contributed by atoms with Crippen molar-refractivity contribution in [3.05, 3.63) is 53.7 Å². The molecule has 0 saturated heterocycles. The molecule has 1 heterocycles. The molecule has 0 radical (unpaired) electrons. The van der Waals surface area contributed by atoms with E-state index in [1.165, 1.54) is 30.3 Å². The number of carboxylic acid groups (broad SMARTS) is 1. The monoisotopic (exact) mass is 299 g/mol. The van der Waals surface area contributed by atoms with Gasteiger partial charge >= 0.3 is 12.1 Å². The third kappa shape index (κ3) is 3.51. The Kier molecular flexibility index (Phi) is 3.99. The van der Waals surface area contributed by atoms with Crippen LogP contribution in [0.4, 0.5) is 13.2 Å². The van der Waals surface area contributed by atoms with E-state index in [0.717, 1.165) is 17.8 Å². The van der Waals surface area contributed by atoms with Crippen LogP contribution in [0.2, 0.25) is 0 Å². The average molecular weight is 299 g/mol. The Bertz CT molecular complexity index is 644. The number of carbonyl (C=O) groups is 1. The van der Waals surface area contributed by atoms with Crippen LogP contribution in [0.1, 0.15) is 16.1 Å². The zero-order valence-electron chi connectivity index (χ0n) is 9.89. The molecule has 0 bridgehead atoms. The predicted octanol–water partition coefficient (Wildman–Crippen LogP) is 3.95.